The number of aryl methyl sites for hydroxylation is 1. The number of nitrogens with one attached hydrogen (secondary N) is 1. The van der Waals surface area contributed by atoms with Crippen LogP contribution in [0.2, 0.25) is 0 Å². The highest BCUT2D eigenvalue weighted by Crippen LogP contribution is 2.31. The van der Waals surface area contributed by atoms with Crippen LogP contribution in [0.1, 0.15) is 24.8 Å². The smallest absolute Gasteiger partial charge is 0.317 e. The minimum absolute atomic E-state index is 0.0400. The van der Waals surface area contributed by atoms with E-state index >= 15 is 0 Å². The lowest BCUT2D eigenvalue weighted by molar-refractivity contribution is -0.142. The van der Waals surface area contributed by atoms with E-state index in [1.54, 1.807) is 22.8 Å². The van der Waals surface area contributed by atoms with Gasteiger partial charge in [-0.3, -0.25) is 9.48 Å². The molecule has 1 aliphatic rings. The van der Waals surface area contributed by atoms with E-state index in [-0.39, 0.29) is 17.9 Å². The zero-order valence-electron chi connectivity index (χ0n) is 12.5. The summed E-state index contributed by atoms with van der Waals surface area (Å²) >= 11 is 0. The van der Waals surface area contributed by atoms with Crippen molar-refractivity contribution in [2.45, 2.75) is 25.8 Å². The van der Waals surface area contributed by atoms with Gasteiger partial charge in [0.25, 0.3) is 0 Å². The van der Waals surface area contributed by atoms with Crippen molar-refractivity contribution in [1.29, 1.82) is 0 Å². The van der Waals surface area contributed by atoms with Crippen molar-refractivity contribution in [2.24, 2.45) is 18.9 Å². The van der Waals surface area contributed by atoms with Gasteiger partial charge in [0.15, 0.2) is 0 Å². The molecule has 21 heavy (non-hydrogen) atoms. The number of nitrogens with zero attached hydrogens (tertiary/aromatic N) is 3. The largest absolute Gasteiger partial charge is 0.481 e. The molecular formula is C14H22N4O3. The number of hydrogen-bond donors (Lipinski definition) is 2. The fraction of sp³-hybridized carbons (Fsp3) is 0.643. The molecule has 0 bridgehead atoms. The number of carboxylic acid groups (broad SMARTS) is 1. The molecule has 2 amide bonds. The van der Waals surface area contributed by atoms with E-state index < -0.39 is 5.97 Å². The second-order valence-corrected chi connectivity index (χ2v) is 5.70. The number of aromatic nitrogens is 2. The number of amides is 2. The fourth-order valence-electron chi connectivity index (χ4n) is 2.86. The van der Waals surface area contributed by atoms with Crippen LogP contribution in [-0.4, -0.2) is 45.4 Å². The van der Waals surface area contributed by atoms with Crippen LogP contribution in [0.3, 0.4) is 0 Å². The fourth-order valence-corrected chi connectivity index (χ4v) is 2.86. The molecule has 1 aromatic heterocycles. The van der Waals surface area contributed by atoms with Crippen LogP contribution in [0.15, 0.2) is 12.4 Å². The van der Waals surface area contributed by atoms with Crippen molar-refractivity contribution < 1.29 is 14.7 Å². The molecule has 2 atom stereocenters. The summed E-state index contributed by atoms with van der Waals surface area (Å²) in [5, 5.41) is 16.0. The van der Waals surface area contributed by atoms with Crippen molar-refractivity contribution in [2.75, 3.05) is 13.6 Å². The highest BCUT2D eigenvalue weighted by Gasteiger charge is 2.33. The molecule has 1 fully saturated rings. The summed E-state index contributed by atoms with van der Waals surface area (Å²) in [6.07, 6.45) is 6.08. The van der Waals surface area contributed by atoms with Crippen molar-refractivity contribution in [3.05, 3.63) is 18.0 Å². The molecule has 0 aromatic carbocycles. The van der Waals surface area contributed by atoms with Crippen LogP contribution in [-0.2, 0) is 18.4 Å². The van der Waals surface area contributed by atoms with Gasteiger partial charge in [-0.05, 0) is 18.8 Å². The number of carbonyl (C=O) groups is 2. The average molecular weight is 294 g/mol. The summed E-state index contributed by atoms with van der Waals surface area (Å²) in [5.74, 6) is -1.04. The van der Waals surface area contributed by atoms with Crippen molar-refractivity contribution in [3.63, 3.8) is 0 Å². The highest BCUT2D eigenvalue weighted by molar-refractivity contribution is 5.74. The van der Waals surface area contributed by atoms with Crippen LogP contribution in [0.25, 0.3) is 0 Å². The van der Waals surface area contributed by atoms with Gasteiger partial charge in [0.2, 0.25) is 0 Å². The Kier molecular flexibility index (Phi) is 4.82. The summed E-state index contributed by atoms with van der Waals surface area (Å²) < 4.78 is 1.69. The molecule has 7 nitrogen and oxygen atoms in total. The third kappa shape index (κ3) is 3.96. The third-order valence-electron chi connectivity index (χ3n) is 4.02. The van der Waals surface area contributed by atoms with Crippen molar-refractivity contribution >= 4 is 12.0 Å². The first-order chi connectivity index (χ1) is 9.97. The molecule has 0 aliphatic heterocycles. The summed E-state index contributed by atoms with van der Waals surface area (Å²) in [4.78, 5) is 24.7. The molecule has 7 heteroatoms. The van der Waals surface area contributed by atoms with E-state index in [1.165, 1.54) is 0 Å². The minimum Gasteiger partial charge on any atom is -0.481 e. The van der Waals surface area contributed by atoms with Gasteiger partial charge in [-0.15, -0.1) is 0 Å². The van der Waals surface area contributed by atoms with Crippen LogP contribution in [0.4, 0.5) is 4.79 Å². The van der Waals surface area contributed by atoms with Crippen LogP contribution in [0.5, 0.6) is 0 Å². The summed E-state index contributed by atoms with van der Waals surface area (Å²) in [5.41, 5.74) is 0.958. The third-order valence-corrected chi connectivity index (χ3v) is 4.02. The average Bonchev–Trinajstić information content (AvgIpc) is 3.04. The highest BCUT2D eigenvalue weighted by atomic mass is 16.4. The number of hydrogen-bond acceptors (Lipinski definition) is 3. The molecule has 0 spiro atoms. The second-order valence-electron chi connectivity index (χ2n) is 5.70. The molecule has 116 valence electrons. The molecule has 0 saturated heterocycles. The van der Waals surface area contributed by atoms with Crippen LogP contribution >= 0.6 is 0 Å². The van der Waals surface area contributed by atoms with Crippen molar-refractivity contribution in [1.82, 2.24) is 20.0 Å². The lowest BCUT2D eigenvalue weighted by atomic mass is 9.96. The number of rotatable bonds is 5. The maximum absolute atomic E-state index is 12.0. The topological polar surface area (TPSA) is 87.5 Å². The zero-order valence-corrected chi connectivity index (χ0v) is 12.5. The first-order valence-electron chi connectivity index (χ1n) is 7.16. The quantitative estimate of drug-likeness (QED) is 0.850. The Balaban J connectivity index is 1.79. The minimum atomic E-state index is -0.754. The van der Waals surface area contributed by atoms with E-state index in [0.29, 0.717) is 19.5 Å². The summed E-state index contributed by atoms with van der Waals surface area (Å²) in [6, 6.07) is -0.185. The number of aliphatic carboxylic acids is 1. The second kappa shape index (κ2) is 6.60. The van der Waals surface area contributed by atoms with Gasteiger partial charge < -0.3 is 15.3 Å². The molecule has 1 aromatic rings. The molecule has 1 heterocycles. The van der Waals surface area contributed by atoms with E-state index in [1.807, 2.05) is 13.2 Å². The van der Waals surface area contributed by atoms with Gasteiger partial charge in [0, 0.05) is 32.4 Å². The Morgan fingerprint density at radius 2 is 2.29 bits per heavy atom. The maximum Gasteiger partial charge on any atom is 0.317 e. The van der Waals surface area contributed by atoms with Gasteiger partial charge in [-0.2, -0.15) is 5.10 Å². The predicted molar refractivity (Wildman–Crippen MR) is 76.5 cm³/mol. The molecule has 2 N–H and O–H groups in total. The Labute approximate surface area is 123 Å². The van der Waals surface area contributed by atoms with Gasteiger partial charge in [-0.25, -0.2) is 4.79 Å². The molecular weight excluding hydrogens is 272 g/mol. The Hall–Kier alpha value is -2.05. The van der Waals surface area contributed by atoms with E-state index in [9.17, 15) is 9.59 Å². The van der Waals surface area contributed by atoms with Crippen LogP contribution in [0, 0.1) is 11.8 Å². The van der Waals surface area contributed by atoms with Gasteiger partial charge in [-0.1, -0.05) is 6.42 Å². The first-order valence-corrected chi connectivity index (χ1v) is 7.16. The molecule has 2 unspecified atom stereocenters. The molecule has 1 saturated carbocycles. The lowest BCUT2D eigenvalue weighted by Gasteiger charge is -2.20. The van der Waals surface area contributed by atoms with Crippen molar-refractivity contribution in [3.8, 4) is 0 Å². The number of carbonyl (C=O) groups excluding carboxylic acids is 1. The van der Waals surface area contributed by atoms with Gasteiger partial charge in [0.05, 0.1) is 18.7 Å². The van der Waals surface area contributed by atoms with Gasteiger partial charge >= 0.3 is 12.0 Å². The first kappa shape index (κ1) is 15.3. The number of urea groups is 1. The Bertz CT molecular complexity index is 514. The van der Waals surface area contributed by atoms with E-state index in [4.69, 9.17) is 5.11 Å². The normalized spacial score (nSPS) is 21.2. The summed E-state index contributed by atoms with van der Waals surface area (Å²) in [6.45, 7) is 0.903. The van der Waals surface area contributed by atoms with Gasteiger partial charge in [0.1, 0.15) is 0 Å². The Morgan fingerprint density at radius 1 is 1.52 bits per heavy atom. The molecule has 1 aliphatic carbocycles. The zero-order chi connectivity index (χ0) is 15.4. The van der Waals surface area contributed by atoms with E-state index in [2.05, 4.69) is 10.4 Å². The predicted octanol–water partition coefficient (Wildman–Crippen LogP) is 1.06. The molecule has 2 rings (SSSR count). The van der Waals surface area contributed by atoms with E-state index in [0.717, 1.165) is 18.4 Å². The monoisotopic (exact) mass is 294 g/mol. The van der Waals surface area contributed by atoms with Crippen LogP contribution < -0.4 is 5.32 Å². The summed E-state index contributed by atoms with van der Waals surface area (Å²) in [7, 11) is 3.54. The SMILES string of the molecule is CN(Cc1cnn(C)c1)C(=O)NCC1CCCC1C(=O)O. The Morgan fingerprint density at radius 3 is 2.90 bits per heavy atom. The lowest BCUT2D eigenvalue weighted by Crippen LogP contribution is -2.40. The molecule has 0 radical (unpaired) electrons. The maximum atomic E-state index is 12.0. The standard InChI is InChI=1S/C14H22N4O3/c1-17(8-10-6-16-18(2)9-10)14(21)15-7-11-4-3-5-12(11)13(19)20/h6,9,11-12H,3-5,7-8H2,1-2H3,(H,15,21)(H,19,20). The number of carboxylic acids is 1.